The molecule has 0 aromatic carbocycles. The van der Waals surface area contributed by atoms with Gasteiger partial charge >= 0.3 is 6.09 Å². The molecule has 0 aromatic rings. The van der Waals surface area contributed by atoms with Crippen LogP contribution in [0, 0.1) is 11.3 Å². The molecule has 1 saturated carbocycles. The lowest BCUT2D eigenvalue weighted by molar-refractivity contribution is 0.0766. The Morgan fingerprint density at radius 1 is 1.23 bits per heavy atom. The first kappa shape index (κ1) is 24.2. The van der Waals surface area contributed by atoms with E-state index in [0.29, 0.717) is 24.3 Å². The smallest absolute Gasteiger partial charge is 0.409 e. The molecular weight excluding hydrogens is 378 g/mol. The van der Waals surface area contributed by atoms with E-state index in [4.69, 9.17) is 14.9 Å². The maximum Gasteiger partial charge on any atom is 0.409 e. The molecule has 1 N–H and O–H groups in total. The van der Waals surface area contributed by atoms with Crippen LogP contribution in [0.4, 0.5) is 4.79 Å². The van der Waals surface area contributed by atoms with E-state index in [1.54, 1.807) is 18.9 Å². The minimum atomic E-state index is -0.351. The predicted molar refractivity (Wildman–Crippen MR) is 122 cm³/mol. The number of nitrogens with one attached hydrogen (secondary N) is 1. The Bertz CT molecular complexity index is 700. The van der Waals surface area contributed by atoms with Crippen molar-refractivity contribution in [3.05, 3.63) is 23.1 Å². The topological polar surface area (TPSA) is 75.0 Å². The molecule has 0 radical (unpaired) electrons. The maximum absolute atomic E-state index is 12.3. The molecule has 1 fully saturated rings. The van der Waals surface area contributed by atoms with E-state index >= 15 is 0 Å². The number of carbonyl (C=O) groups excluding carboxylic acids is 1. The number of amides is 1. The van der Waals surface area contributed by atoms with Crippen molar-refractivity contribution < 1.29 is 14.3 Å². The van der Waals surface area contributed by atoms with Gasteiger partial charge in [-0.2, -0.15) is 0 Å². The molecule has 0 unspecified atom stereocenters. The van der Waals surface area contributed by atoms with Gasteiger partial charge in [0.25, 0.3) is 0 Å². The lowest BCUT2D eigenvalue weighted by atomic mass is 9.96. The van der Waals surface area contributed by atoms with Gasteiger partial charge in [0.15, 0.2) is 0 Å². The fraction of sp³-hybridized carbons (Fsp3) is 0.708. The fourth-order valence-corrected chi connectivity index (χ4v) is 3.75. The largest absolute Gasteiger partial charge is 0.493 e. The van der Waals surface area contributed by atoms with Crippen LogP contribution in [0.5, 0.6) is 0 Å². The Morgan fingerprint density at radius 2 is 1.93 bits per heavy atom. The van der Waals surface area contributed by atoms with Crippen LogP contribution in [0.25, 0.3) is 0 Å². The van der Waals surface area contributed by atoms with Crippen molar-refractivity contribution in [3.63, 3.8) is 0 Å². The van der Waals surface area contributed by atoms with Gasteiger partial charge in [0.1, 0.15) is 12.4 Å². The van der Waals surface area contributed by atoms with E-state index in [1.807, 2.05) is 13.1 Å². The molecule has 6 nitrogen and oxygen atoms in total. The first-order valence-corrected chi connectivity index (χ1v) is 11.3. The molecule has 1 amide bonds. The van der Waals surface area contributed by atoms with E-state index in [-0.39, 0.29) is 12.7 Å². The van der Waals surface area contributed by atoms with Gasteiger partial charge in [0.2, 0.25) is 0 Å². The molecular formula is C24H39N3O3. The number of hydrogen-bond donors (Lipinski definition) is 1. The summed E-state index contributed by atoms with van der Waals surface area (Å²) in [5.74, 6) is 1.50. The van der Waals surface area contributed by atoms with Gasteiger partial charge in [-0.05, 0) is 63.9 Å². The highest BCUT2D eigenvalue weighted by atomic mass is 16.6. The SMILES string of the molecule is CC(=N)/C(COC(=O)N(C)CCC(C)C)=C(\C)C1=NC=C(OC2CCCCC2)CC1. The number of allylic oxidation sites excluding steroid dienone is 2. The molecule has 30 heavy (non-hydrogen) atoms. The molecule has 0 spiro atoms. The Kier molecular flexibility index (Phi) is 9.60. The molecule has 0 aromatic heterocycles. The maximum atomic E-state index is 12.3. The zero-order valence-corrected chi connectivity index (χ0v) is 19.4. The van der Waals surface area contributed by atoms with Crippen LogP contribution in [0.2, 0.25) is 0 Å². The summed E-state index contributed by atoms with van der Waals surface area (Å²) in [6.45, 7) is 8.72. The van der Waals surface area contributed by atoms with Gasteiger partial charge < -0.3 is 19.8 Å². The van der Waals surface area contributed by atoms with Crippen molar-refractivity contribution >= 4 is 17.5 Å². The van der Waals surface area contributed by atoms with Crippen molar-refractivity contribution in [1.29, 1.82) is 5.41 Å². The second-order valence-corrected chi connectivity index (χ2v) is 8.94. The summed E-state index contributed by atoms with van der Waals surface area (Å²) in [4.78, 5) is 18.5. The summed E-state index contributed by atoms with van der Waals surface area (Å²) in [5.41, 5.74) is 3.00. The molecule has 1 aliphatic carbocycles. The summed E-state index contributed by atoms with van der Waals surface area (Å²) in [6.07, 6.45) is 10.5. The third-order valence-electron chi connectivity index (χ3n) is 5.87. The molecule has 0 bridgehead atoms. The van der Waals surface area contributed by atoms with Crippen LogP contribution < -0.4 is 0 Å². The lowest BCUT2D eigenvalue weighted by Crippen LogP contribution is -2.30. The zero-order valence-electron chi connectivity index (χ0n) is 19.4. The van der Waals surface area contributed by atoms with E-state index in [1.165, 1.54) is 19.3 Å². The Hall–Kier alpha value is -2.11. The zero-order chi connectivity index (χ0) is 22.1. The summed E-state index contributed by atoms with van der Waals surface area (Å²) < 4.78 is 11.6. The predicted octanol–water partition coefficient (Wildman–Crippen LogP) is 5.88. The van der Waals surface area contributed by atoms with Gasteiger partial charge in [-0.1, -0.05) is 20.3 Å². The minimum absolute atomic E-state index is 0.0974. The van der Waals surface area contributed by atoms with E-state index in [2.05, 4.69) is 18.8 Å². The first-order valence-electron chi connectivity index (χ1n) is 11.3. The average molecular weight is 418 g/mol. The highest BCUT2D eigenvalue weighted by Gasteiger charge is 2.20. The van der Waals surface area contributed by atoms with Crippen LogP contribution >= 0.6 is 0 Å². The lowest BCUT2D eigenvalue weighted by Gasteiger charge is -2.26. The third kappa shape index (κ3) is 7.62. The molecule has 1 heterocycles. The number of aliphatic imine (C=N–C) groups is 1. The quantitative estimate of drug-likeness (QED) is 0.476. The second kappa shape index (κ2) is 11.9. The molecule has 1 aliphatic heterocycles. The minimum Gasteiger partial charge on any atom is -0.493 e. The number of nitrogens with zero attached hydrogens (tertiary/aromatic N) is 2. The van der Waals surface area contributed by atoms with Crippen LogP contribution in [0.15, 0.2) is 28.1 Å². The van der Waals surface area contributed by atoms with Crippen molar-refractivity contribution in [2.45, 2.75) is 85.2 Å². The van der Waals surface area contributed by atoms with Crippen LogP contribution in [0.3, 0.4) is 0 Å². The molecule has 168 valence electrons. The molecule has 2 rings (SSSR count). The van der Waals surface area contributed by atoms with Crippen LogP contribution in [-0.4, -0.2) is 48.7 Å². The van der Waals surface area contributed by atoms with E-state index in [9.17, 15) is 4.79 Å². The summed E-state index contributed by atoms with van der Waals surface area (Å²) in [6, 6.07) is 0. The molecule has 2 aliphatic rings. The van der Waals surface area contributed by atoms with E-state index < -0.39 is 0 Å². The van der Waals surface area contributed by atoms with Gasteiger partial charge in [0.05, 0.1) is 12.3 Å². The van der Waals surface area contributed by atoms with Crippen molar-refractivity contribution in [3.8, 4) is 0 Å². The van der Waals surface area contributed by atoms with Crippen LogP contribution in [-0.2, 0) is 9.47 Å². The van der Waals surface area contributed by atoms with Gasteiger partial charge in [0, 0.05) is 37.0 Å². The molecule has 0 atom stereocenters. The number of ether oxygens (including phenoxy) is 2. The summed E-state index contributed by atoms with van der Waals surface area (Å²) in [7, 11) is 1.75. The number of hydrogen-bond acceptors (Lipinski definition) is 5. The highest BCUT2D eigenvalue weighted by molar-refractivity contribution is 6.09. The van der Waals surface area contributed by atoms with Crippen molar-refractivity contribution in [1.82, 2.24) is 4.90 Å². The van der Waals surface area contributed by atoms with Gasteiger partial charge in [-0.25, -0.2) is 4.79 Å². The molecule has 6 heteroatoms. The van der Waals surface area contributed by atoms with E-state index in [0.717, 1.165) is 54.7 Å². The van der Waals surface area contributed by atoms with Gasteiger partial charge in [-0.15, -0.1) is 0 Å². The van der Waals surface area contributed by atoms with Crippen molar-refractivity contribution in [2.75, 3.05) is 20.2 Å². The fourth-order valence-electron chi connectivity index (χ4n) is 3.75. The Morgan fingerprint density at radius 3 is 2.50 bits per heavy atom. The summed E-state index contributed by atoms with van der Waals surface area (Å²) in [5, 5.41) is 8.14. The normalized spacial score (nSPS) is 18.3. The third-order valence-corrected chi connectivity index (χ3v) is 5.87. The van der Waals surface area contributed by atoms with Crippen LogP contribution in [0.1, 0.15) is 79.1 Å². The first-order chi connectivity index (χ1) is 14.3. The Labute approximate surface area is 181 Å². The highest BCUT2D eigenvalue weighted by Crippen LogP contribution is 2.26. The molecule has 0 saturated heterocycles. The monoisotopic (exact) mass is 417 g/mol. The van der Waals surface area contributed by atoms with Gasteiger partial charge in [-0.3, -0.25) is 4.99 Å². The standard InChI is InChI=1S/C24H39N3O3/c1-17(2)13-14-27(5)24(28)29-16-22(19(4)25)18(3)23-12-11-21(15-26-23)30-20-9-7-6-8-10-20/h15,17,20,25H,6-14,16H2,1-5H3/b22-18+,25-19?. The van der Waals surface area contributed by atoms with Crippen molar-refractivity contribution in [2.24, 2.45) is 10.9 Å². The number of rotatable bonds is 9. The number of carbonyl (C=O) groups is 1. The Balaban J connectivity index is 1.98. The summed E-state index contributed by atoms with van der Waals surface area (Å²) >= 11 is 0. The average Bonchev–Trinajstić information content (AvgIpc) is 2.72. The second-order valence-electron chi connectivity index (χ2n) is 8.94.